The van der Waals surface area contributed by atoms with Crippen LogP contribution in [0.2, 0.25) is 0 Å². The molecule has 0 saturated carbocycles. The third-order valence-corrected chi connectivity index (χ3v) is 4.54. The summed E-state index contributed by atoms with van der Waals surface area (Å²) in [7, 11) is 0. The fourth-order valence-electron chi connectivity index (χ4n) is 3.13. The van der Waals surface area contributed by atoms with Crippen LogP contribution in [0.25, 0.3) is 11.3 Å². The Morgan fingerprint density at radius 3 is 2.38 bits per heavy atom. The van der Waals surface area contributed by atoms with Gasteiger partial charge in [0.2, 0.25) is 5.91 Å². The Bertz CT molecular complexity index is 827. The standard InChI is InChI=1S/C22H25N3O/c1-3-10-19(17-11-6-4-7-12-17)22(26)24-16(2)21-23-15-20(25-21)18-13-8-5-9-14-18/h4-9,11-16,19H,3,10H2,1-2H3,(H,23,25)(H,24,26). The molecule has 0 aliphatic carbocycles. The molecule has 134 valence electrons. The Balaban J connectivity index is 1.71. The molecular weight excluding hydrogens is 322 g/mol. The van der Waals surface area contributed by atoms with E-state index in [4.69, 9.17) is 0 Å². The maximum Gasteiger partial charge on any atom is 0.228 e. The van der Waals surface area contributed by atoms with Crippen LogP contribution in [0.15, 0.2) is 66.9 Å². The van der Waals surface area contributed by atoms with E-state index >= 15 is 0 Å². The highest BCUT2D eigenvalue weighted by Gasteiger charge is 2.22. The molecule has 2 unspecified atom stereocenters. The van der Waals surface area contributed by atoms with Gasteiger partial charge >= 0.3 is 0 Å². The second-order valence-electron chi connectivity index (χ2n) is 6.53. The SMILES string of the molecule is CCCC(C(=O)NC(C)c1ncc(-c2ccccc2)[nH]1)c1ccccc1. The zero-order valence-electron chi connectivity index (χ0n) is 15.3. The lowest BCUT2D eigenvalue weighted by Crippen LogP contribution is -2.32. The third-order valence-electron chi connectivity index (χ3n) is 4.54. The molecule has 2 N–H and O–H groups in total. The Hall–Kier alpha value is -2.88. The summed E-state index contributed by atoms with van der Waals surface area (Å²) in [4.78, 5) is 20.6. The number of carbonyl (C=O) groups is 1. The van der Waals surface area contributed by atoms with Crippen molar-refractivity contribution in [3.05, 3.63) is 78.2 Å². The number of amides is 1. The second-order valence-corrected chi connectivity index (χ2v) is 6.53. The quantitative estimate of drug-likeness (QED) is 0.642. The zero-order valence-corrected chi connectivity index (χ0v) is 15.3. The summed E-state index contributed by atoms with van der Waals surface area (Å²) in [6, 6.07) is 19.8. The summed E-state index contributed by atoms with van der Waals surface area (Å²) < 4.78 is 0. The van der Waals surface area contributed by atoms with Crippen LogP contribution in [-0.4, -0.2) is 15.9 Å². The van der Waals surface area contributed by atoms with Crippen LogP contribution in [0.1, 0.15) is 50.0 Å². The van der Waals surface area contributed by atoms with Gasteiger partial charge in [-0.25, -0.2) is 4.98 Å². The average molecular weight is 347 g/mol. The highest BCUT2D eigenvalue weighted by Crippen LogP contribution is 2.23. The van der Waals surface area contributed by atoms with Gasteiger partial charge in [0.05, 0.1) is 23.9 Å². The Labute approximate surface area is 154 Å². The number of carbonyl (C=O) groups excluding carboxylic acids is 1. The third kappa shape index (κ3) is 4.20. The van der Waals surface area contributed by atoms with E-state index in [1.807, 2.05) is 73.8 Å². The molecule has 2 aromatic carbocycles. The monoisotopic (exact) mass is 347 g/mol. The van der Waals surface area contributed by atoms with Gasteiger partial charge in [-0.05, 0) is 24.5 Å². The van der Waals surface area contributed by atoms with E-state index in [9.17, 15) is 4.79 Å². The number of nitrogens with zero attached hydrogens (tertiary/aromatic N) is 1. The average Bonchev–Trinajstić information content (AvgIpc) is 3.18. The first-order valence-corrected chi connectivity index (χ1v) is 9.14. The summed E-state index contributed by atoms with van der Waals surface area (Å²) in [6.07, 6.45) is 3.60. The lowest BCUT2D eigenvalue weighted by Gasteiger charge is -2.19. The fraction of sp³-hybridized carbons (Fsp3) is 0.273. The van der Waals surface area contributed by atoms with Crippen LogP contribution in [-0.2, 0) is 4.79 Å². The maximum atomic E-state index is 12.8. The molecule has 0 saturated heterocycles. The van der Waals surface area contributed by atoms with Crippen molar-refractivity contribution in [3.63, 3.8) is 0 Å². The highest BCUT2D eigenvalue weighted by molar-refractivity contribution is 5.83. The smallest absolute Gasteiger partial charge is 0.228 e. The normalized spacial score (nSPS) is 13.2. The van der Waals surface area contributed by atoms with Crippen molar-refractivity contribution >= 4 is 5.91 Å². The molecule has 0 bridgehead atoms. The lowest BCUT2D eigenvalue weighted by molar-refractivity contribution is -0.123. The summed E-state index contributed by atoms with van der Waals surface area (Å²) >= 11 is 0. The number of hydrogen-bond acceptors (Lipinski definition) is 2. The lowest BCUT2D eigenvalue weighted by atomic mass is 9.93. The number of benzene rings is 2. The molecule has 1 amide bonds. The van der Waals surface area contributed by atoms with Crippen molar-refractivity contribution in [2.24, 2.45) is 0 Å². The number of nitrogens with one attached hydrogen (secondary N) is 2. The second kappa shape index (κ2) is 8.48. The van der Waals surface area contributed by atoms with Gasteiger partial charge in [-0.1, -0.05) is 74.0 Å². The van der Waals surface area contributed by atoms with E-state index in [2.05, 4.69) is 22.2 Å². The van der Waals surface area contributed by atoms with Gasteiger partial charge in [0, 0.05) is 0 Å². The Kier molecular flexibility index (Phi) is 5.84. The first-order valence-electron chi connectivity index (χ1n) is 9.14. The molecule has 4 nitrogen and oxygen atoms in total. The predicted molar refractivity (Wildman–Crippen MR) is 105 cm³/mol. The van der Waals surface area contributed by atoms with Gasteiger partial charge < -0.3 is 10.3 Å². The number of aromatic nitrogens is 2. The van der Waals surface area contributed by atoms with E-state index in [0.29, 0.717) is 0 Å². The summed E-state index contributed by atoms with van der Waals surface area (Å²) in [6.45, 7) is 4.06. The van der Waals surface area contributed by atoms with E-state index in [1.54, 1.807) is 0 Å². The van der Waals surface area contributed by atoms with Gasteiger partial charge in [0.1, 0.15) is 5.82 Å². The van der Waals surface area contributed by atoms with Crippen molar-refractivity contribution in [2.75, 3.05) is 0 Å². The molecule has 0 aliphatic heterocycles. The minimum Gasteiger partial charge on any atom is -0.346 e. The van der Waals surface area contributed by atoms with Crippen molar-refractivity contribution in [3.8, 4) is 11.3 Å². The Morgan fingerprint density at radius 2 is 1.73 bits per heavy atom. The van der Waals surface area contributed by atoms with Gasteiger partial charge in [-0.15, -0.1) is 0 Å². The maximum absolute atomic E-state index is 12.8. The van der Waals surface area contributed by atoms with E-state index in [1.165, 1.54) is 0 Å². The van der Waals surface area contributed by atoms with E-state index < -0.39 is 0 Å². The minimum absolute atomic E-state index is 0.0446. The molecule has 0 radical (unpaired) electrons. The molecule has 3 rings (SSSR count). The minimum atomic E-state index is -0.178. The van der Waals surface area contributed by atoms with Crippen LogP contribution in [0.4, 0.5) is 0 Å². The van der Waals surface area contributed by atoms with Crippen LogP contribution >= 0.6 is 0 Å². The van der Waals surface area contributed by atoms with Crippen LogP contribution in [0.3, 0.4) is 0 Å². The molecular formula is C22H25N3O. The number of H-pyrrole nitrogens is 1. The van der Waals surface area contributed by atoms with Crippen LogP contribution in [0.5, 0.6) is 0 Å². The van der Waals surface area contributed by atoms with Gasteiger partial charge in [-0.2, -0.15) is 0 Å². The number of rotatable bonds is 7. The Morgan fingerprint density at radius 1 is 1.08 bits per heavy atom. The molecule has 1 heterocycles. The first-order chi connectivity index (χ1) is 12.7. The van der Waals surface area contributed by atoms with Crippen LogP contribution in [0, 0.1) is 0 Å². The molecule has 0 spiro atoms. The predicted octanol–water partition coefficient (Wildman–Crippen LogP) is 4.84. The summed E-state index contributed by atoms with van der Waals surface area (Å²) in [5.41, 5.74) is 3.09. The van der Waals surface area contributed by atoms with Gasteiger partial charge in [0.25, 0.3) is 0 Å². The summed E-state index contributed by atoms with van der Waals surface area (Å²) in [5, 5.41) is 3.11. The van der Waals surface area contributed by atoms with Crippen LogP contribution < -0.4 is 5.32 Å². The van der Waals surface area contributed by atoms with E-state index in [-0.39, 0.29) is 17.9 Å². The molecule has 0 aliphatic rings. The number of aromatic amines is 1. The highest BCUT2D eigenvalue weighted by atomic mass is 16.1. The zero-order chi connectivity index (χ0) is 18.4. The molecule has 1 aromatic heterocycles. The largest absolute Gasteiger partial charge is 0.346 e. The van der Waals surface area contributed by atoms with Crippen molar-refractivity contribution in [1.29, 1.82) is 0 Å². The molecule has 0 fully saturated rings. The summed E-state index contributed by atoms with van der Waals surface area (Å²) in [5.74, 6) is 0.677. The number of imidazole rings is 1. The number of hydrogen-bond donors (Lipinski definition) is 2. The van der Waals surface area contributed by atoms with E-state index in [0.717, 1.165) is 35.5 Å². The van der Waals surface area contributed by atoms with Gasteiger partial charge in [-0.3, -0.25) is 4.79 Å². The van der Waals surface area contributed by atoms with Gasteiger partial charge in [0.15, 0.2) is 0 Å². The molecule has 3 aromatic rings. The fourth-order valence-corrected chi connectivity index (χ4v) is 3.13. The topological polar surface area (TPSA) is 57.8 Å². The molecule has 2 atom stereocenters. The molecule has 26 heavy (non-hydrogen) atoms. The van der Waals surface area contributed by atoms with Crippen molar-refractivity contribution in [2.45, 2.75) is 38.6 Å². The molecule has 4 heteroatoms. The van der Waals surface area contributed by atoms with Crippen molar-refractivity contribution in [1.82, 2.24) is 15.3 Å². The van der Waals surface area contributed by atoms with Crippen molar-refractivity contribution < 1.29 is 4.79 Å². The first kappa shape index (κ1) is 17.9.